The van der Waals surface area contributed by atoms with Crippen LogP contribution in [0, 0.1) is 5.92 Å². The average Bonchev–Trinajstić information content (AvgIpc) is 2.45. The van der Waals surface area contributed by atoms with Gasteiger partial charge in [0.2, 0.25) is 0 Å². The molecule has 2 rings (SSSR count). The molecule has 1 aliphatic heterocycles. The SMILES string of the molecule is CC1CN(CC2(N)CC2)C1. The summed E-state index contributed by atoms with van der Waals surface area (Å²) in [6, 6.07) is 0. The molecule has 0 unspecified atom stereocenters. The van der Waals surface area contributed by atoms with E-state index in [4.69, 9.17) is 5.73 Å². The summed E-state index contributed by atoms with van der Waals surface area (Å²) in [5.74, 6) is 0.919. The number of rotatable bonds is 2. The van der Waals surface area contributed by atoms with Crippen LogP contribution >= 0.6 is 0 Å². The van der Waals surface area contributed by atoms with Crippen molar-refractivity contribution in [3.05, 3.63) is 0 Å². The molecule has 1 saturated heterocycles. The Morgan fingerprint density at radius 2 is 2.10 bits per heavy atom. The highest BCUT2D eigenvalue weighted by Crippen LogP contribution is 2.34. The van der Waals surface area contributed by atoms with Gasteiger partial charge in [0.05, 0.1) is 0 Å². The minimum atomic E-state index is 0.236. The van der Waals surface area contributed by atoms with E-state index in [-0.39, 0.29) is 5.54 Å². The topological polar surface area (TPSA) is 29.3 Å². The van der Waals surface area contributed by atoms with Crippen molar-refractivity contribution in [2.45, 2.75) is 25.3 Å². The van der Waals surface area contributed by atoms with Gasteiger partial charge in [0, 0.05) is 25.2 Å². The Balaban J connectivity index is 1.72. The molecule has 0 aromatic carbocycles. The summed E-state index contributed by atoms with van der Waals surface area (Å²) in [5, 5.41) is 0. The van der Waals surface area contributed by atoms with E-state index in [1.807, 2.05) is 0 Å². The fourth-order valence-electron chi connectivity index (χ4n) is 1.72. The minimum Gasteiger partial charge on any atom is -0.324 e. The molecule has 0 aromatic rings. The maximum atomic E-state index is 5.96. The number of likely N-dealkylation sites (tertiary alicyclic amines) is 1. The van der Waals surface area contributed by atoms with Crippen LogP contribution in [0.2, 0.25) is 0 Å². The van der Waals surface area contributed by atoms with Gasteiger partial charge in [0.15, 0.2) is 0 Å². The summed E-state index contributed by atoms with van der Waals surface area (Å²) in [4.78, 5) is 2.47. The van der Waals surface area contributed by atoms with Gasteiger partial charge in [0.25, 0.3) is 0 Å². The summed E-state index contributed by atoms with van der Waals surface area (Å²) in [5.41, 5.74) is 6.20. The van der Waals surface area contributed by atoms with Crippen LogP contribution in [0.25, 0.3) is 0 Å². The third kappa shape index (κ3) is 1.18. The molecular weight excluding hydrogens is 124 g/mol. The van der Waals surface area contributed by atoms with Gasteiger partial charge >= 0.3 is 0 Å². The first-order valence-corrected chi connectivity index (χ1v) is 4.19. The zero-order chi connectivity index (χ0) is 7.19. The van der Waals surface area contributed by atoms with Crippen molar-refractivity contribution in [1.82, 2.24) is 4.90 Å². The highest BCUT2D eigenvalue weighted by atomic mass is 15.2. The van der Waals surface area contributed by atoms with Crippen LogP contribution in [0.1, 0.15) is 19.8 Å². The van der Waals surface area contributed by atoms with Crippen molar-refractivity contribution >= 4 is 0 Å². The fraction of sp³-hybridized carbons (Fsp3) is 1.00. The molecular formula is C8H16N2. The zero-order valence-electron chi connectivity index (χ0n) is 6.64. The molecule has 0 amide bonds. The molecule has 1 aliphatic carbocycles. The van der Waals surface area contributed by atoms with E-state index in [0.29, 0.717) is 0 Å². The Hall–Kier alpha value is -0.0800. The van der Waals surface area contributed by atoms with Crippen molar-refractivity contribution < 1.29 is 0 Å². The summed E-state index contributed by atoms with van der Waals surface area (Å²) in [6.07, 6.45) is 2.50. The van der Waals surface area contributed by atoms with E-state index in [0.717, 1.165) is 12.5 Å². The normalized spacial score (nSPS) is 31.8. The lowest BCUT2D eigenvalue weighted by Gasteiger charge is -2.38. The predicted octanol–water partition coefficient (Wildman–Crippen LogP) is 0.429. The quantitative estimate of drug-likeness (QED) is 0.602. The lowest BCUT2D eigenvalue weighted by Crippen LogP contribution is -2.51. The highest BCUT2D eigenvalue weighted by molar-refractivity contribution is 5.02. The molecule has 2 aliphatic rings. The van der Waals surface area contributed by atoms with Crippen LogP contribution in [-0.4, -0.2) is 30.1 Å². The van der Waals surface area contributed by atoms with Crippen molar-refractivity contribution in [2.75, 3.05) is 19.6 Å². The number of nitrogens with zero attached hydrogens (tertiary/aromatic N) is 1. The largest absolute Gasteiger partial charge is 0.324 e. The monoisotopic (exact) mass is 140 g/mol. The van der Waals surface area contributed by atoms with E-state index >= 15 is 0 Å². The smallest absolute Gasteiger partial charge is 0.0284 e. The molecule has 0 aromatic heterocycles. The first-order chi connectivity index (χ1) is 4.68. The van der Waals surface area contributed by atoms with Crippen LogP contribution in [0.4, 0.5) is 0 Å². The second kappa shape index (κ2) is 1.95. The Kier molecular flexibility index (Phi) is 1.29. The second-order valence-electron chi connectivity index (χ2n) is 4.16. The van der Waals surface area contributed by atoms with Gasteiger partial charge in [-0.1, -0.05) is 6.92 Å². The van der Waals surface area contributed by atoms with Crippen molar-refractivity contribution in [1.29, 1.82) is 0 Å². The Bertz CT molecular complexity index is 134. The maximum Gasteiger partial charge on any atom is 0.0284 e. The molecule has 1 saturated carbocycles. The fourth-order valence-corrected chi connectivity index (χ4v) is 1.72. The number of hydrogen-bond acceptors (Lipinski definition) is 2. The average molecular weight is 140 g/mol. The molecule has 2 nitrogen and oxygen atoms in total. The summed E-state index contributed by atoms with van der Waals surface area (Å²) in [7, 11) is 0. The van der Waals surface area contributed by atoms with Gasteiger partial charge in [-0.25, -0.2) is 0 Å². The number of hydrogen-bond donors (Lipinski definition) is 1. The van der Waals surface area contributed by atoms with Crippen LogP contribution < -0.4 is 5.73 Å². The lowest BCUT2D eigenvalue weighted by molar-refractivity contribution is 0.102. The molecule has 2 N–H and O–H groups in total. The standard InChI is InChI=1S/C8H16N2/c1-7-4-10(5-7)6-8(9)2-3-8/h7H,2-6,9H2,1H3. The Labute approximate surface area is 62.4 Å². The molecule has 0 spiro atoms. The lowest BCUT2D eigenvalue weighted by atomic mass is 10.0. The summed E-state index contributed by atoms with van der Waals surface area (Å²) < 4.78 is 0. The van der Waals surface area contributed by atoms with Gasteiger partial charge < -0.3 is 10.6 Å². The summed E-state index contributed by atoms with van der Waals surface area (Å²) in [6.45, 7) is 6.00. The molecule has 58 valence electrons. The third-order valence-electron chi connectivity index (χ3n) is 2.57. The second-order valence-corrected chi connectivity index (χ2v) is 4.16. The molecule has 1 heterocycles. The maximum absolute atomic E-state index is 5.96. The first-order valence-electron chi connectivity index (χ1n) is 4.19. The van der Waals surface area contributed by atoms with E-state index in [1.165, 1.54) is 25.9 Å². The molecule has 2 fully saturated rings. The van der Waals surface area contributed by atoms with E-state index < -0.39 is 0 Å². The van der Waals surface area contributed by atoms with Crippen molar-refractivity contribution in [3.8, 4) is 0 Å². The van der Waals surface area contributed by atoms with Gasteiger partial charge in [0.1, 0.15) is 0 Å². The molecule has 0 radical (unpaired) electrons. The van der Waals surface area contributed by atoms with Crippen LogP contribution in [0.15, 0.2) is 0 Å². The summed E-state index contributed by atoms with van der Waals surface area (Å²) >= 11 is 0. The van der Waals surface area contributed by atoms with Crippen LogP contribution in [0.3, 0.4) is 0 Å². The van der Waals surface area contributed by atoms with E-state index in [9.17, 15) is 0 Å². The first kappa shape index (κ1) is 6.62. The Morgan fingerprint density at radius 1 is 1.50 bits per heavy atom. The van der Waals surface area contributed by atoms with Gasteiger partial charge in [-0.05, 0) is 18.8 Å². The highest BCUT2D eigenvalue weighted by Gasteiger charge is 2.41. The van der Waals surface area contributed by atoms with Gasteiger partial charge in [-0.2, -0.15) is 0 Å². The molecule has 2 heteroatoms. The molecule has 0 bridgehead atoms. The molecule has 10 heavy (non-hydrogen) atoms. The minimum absolute atomic E-state index is 0.236. The van der Waals surface area contributed by atoms with Gasteiger partial charge in [-0.3, -0.25) is 0 Å². The van der Waals surface area contributed by atoms with E-state index in [1.54, 1.807) is 0 Å². The van der Waals surface area contributed by atoms with Crippen molar-refractivity contribution in [2.24, 2.45) is 11.7 Å². The Morgan fingerprint density at radius 3 is 2.50 bits per heavy atom. The third-order valence-corrected chi connectivity index (χ3v) is 2.57. The van der Waals surface area contributed by atoms with Crippen molar-refractivity contribution in [3.63, 3.8) is 0 Å². The zero-order valence-corrected chi connectivity index (χ0v) is 6.64. The number of nitrogens with two attached hydrogens (primary N) is 1. The van der Waals surface area contributed by atoms with E-state index in [2.05, 4.69) is 11.8 Å². The van der Waals surface area contributed by atoms with Gasteiger partial charge in [-0.15, -0.1) is 0 Å². The predicted molar refractivity (Wildman–Crippen MR) is 41.8 cm³/mol. The van der Waals surface area contributed by atoms with Crippen LogP contribution in [0.5, 0.6) is 0 Å². The molecule has 0 atom stereocenters. The van der Waals surface area contributed by atoms with Crippen LogP contribution in [-0.2, 0) is 0 Å².